The van der Waals surface area contributed by atoms with Crippen molar-refractivity contribution in [3.05, 3.63) is 35.0 Å². The molecule has 0 aromatic carbocycles. The maximum absolute atomic E-state index is 12.8. The quantitative estimate of drug-likeness (QED) is 0.711. The van der Waals surface area contributed by atoms with Crippen LogP contribution in [0, 0.1) is 0 Å². The molecule has 4 heterocycles. The number of ether oxygens (including phenoxy) is 1. The van der Waals surface area contributed by atoms with Gasteiger partial charge >= 0.3 is 0 Å². The predicted octanol–water partition coefficient (Wildman–Crippen LogP) is 0.888. The van der Waals surface area contributed by atoms with Gasteiger partial charge in [0.15, 0.2) is 5.82 Å². The molecule has 2 aromatic rings. The highest BCUT2D eigenvalue weighted by atomic mass is 79.9. The summed E-state index contributed by atoms with van der Waals surface area (Å²) in [7, 11) is 0. The fourth-order valence-electron chi connectivity index (χ4n) is 3.34. The molecule has 1 unspecified atom stereocenters. The fourth-order valence-corrected chi connectivity index (χ4v) is 3.89. The Hall–Kier alpha value is -2.33. The van der Waals surface area contributed by atoms with Gasteiger partial charge in [0, 0.05) is 39.0 Å². The van der Waals surface area contributed by atoms with E-state index in [1.807, 2.05) is 0 Å². The minimum Gasteiger partial charge on any atom is -0.368 e. The molecule has 2 fully saturated rings. The summed E-state index contributed by atoms with van der Waals surface area (Å²) in [5, 5.41) is 7.51. The fraction of sp³-hybridized carbons (Fsp3) is 0.471. The number of pyridine rings is 1. The second-order valence-electron chi connectivity index (χ2n) is 6.52. The third-order valence-electron chi connectivity index (χ3n) is 4.82. The average Bonchev–Trinajstić information content (AvgIpc) is 3.41. The molecular formula is C17H19BrN6O3. The van der Waals surface area contributed by atoms with E-state index in [2.05, 4.69) is 31.1 Å². The minimum atomic E-state index is -0.308. The minimum absolute atomic E-state index is 0.0438. The number of aromatic nitrogens is 4. The van der Waals surface area contributed by atoms with E-state index in [0.717, 1.165) is 12.8 Å². The van der Waals surface area contributed by atoms with Crippen molar-refractivity contribution in [3.63, 3.8) is 0 Å². The van der Waals surface area contributed by atoms with Crippen LogP contribution in [0.4, 0.5) is 0 Å². The van der Waals surface area contributed by atoms with Crippen molar-refractivity contribution in [3.8, 4) is 5.82 Å². The van der Waals surface area contributed by atoms with Gasteiger partial charge in [0.2, 0.25) is 0 Å². The molecule has 0 N–H and O–H groups in total. The summed E-state index contributed by atoms with van der Waals surface area (Å²) in [4.78, 5) is 33.1. The van der Waals surface area contributed by atoms with Crippen LogP contribution in [-0.4, -0.2) is 80.3 Å². The van der Waals surface area contributed by atoms with Crippen molar-refractivity contribution >= 4 is 27.7 Å². The number of nitrogens with zero attached hydrogens (tertiary/aromatic N) is 6. The molecule has 1 atom stereocenters. The number of piperazine rings is 1. The molecule has 0 bridgehead atoms. The van der Waals surface area contributed by atoms with Crippen LogP contribution in [0.1, 0.15) is 23.2 Å². The topological polar surface area (TPSA) is 93.5 Å². The second-order valence-corrected chi connectivity index (χ2v) is 7.37. The van der Waals surface area contributed by atoms with Gasteiger partial charge in [0.1, 0.15) is 18.8 Å². The van der Waals surface area contributed by atoms with E-state index in [4.69, 9.17) is 4.74 Å². The van der Waals surface area contributed by atoms with E-state index < -0.39 is 0 Å². The normalized spacial score (nSPS) is 20.1. The Labute approximate surface area is 164 Å². The highest BCUT2D eigenvalue weighted by Crippen LogP contribution is 2.21. The van der Waals surface area contributed by atoms with Crippen molar-refractivity contribution in [1.29, 1.82) is 0 Å². The summed E-state index contributed by atoms with van der Waals surface area (Å²) in [6, 6.07) is 1.74. The van der Waals surface area contributed by atoms with Gasteiger partial charge in [-0.25, -0.2) is 4.98 Å². The summed E-state index contributed by atoms with van der Waals surface area (Å²) < 4.78 is 7.81. The lowest BCUT2D eigenvalue weighted by Crippen LogP contribution is -2.52. The third-order valence-corrected chi connectivity index (χ3v) is 5.40. The Bertz CT molecular complexity index is 829. The zero-order chi connectivity index (χ0) is 18.8. The first-order valence-electron chi connectivity index (χ1n) is 8.83. The zero-order valence-electron chi connectivity index (χ0n) is 14.6. The van der Waals surface area contributed by atoms with Crippen LogP contribution in [0.25, 0.3) is 5.82 Å². The van der Waals surface area contributed by atoms with E-state index in [1.165, 1.54) is 0 Å². The number of hydrogen-bond acceptors (Lipinski definition) is 6. The first kappa shape index (κ1) is 18.1. The summed E-state index contributed by atoms with van der Waals surface area (Å²) in [5.41, 5.74) is 0.498. The van der Waals surface area contributed by atoms with Crippen LogP contribution in [0.2, 0.25) is 0 Å². The van der Waals surface area contributed by atoms with E-state index in [0.29, 0.717) is 48.6 Å². The standard InChI is InChI=1S/C17H19BrN6O3/c18-13-8-12(9-19-15(13)24-10-20-21-11-24)16(25)22-3-5-23(6-4-22)17(26)14-2-1-7-27-14/h8-11,14H,1-7H2. The molecule has 4 rings (SSSR count). The monoisotopic (exact) mass is 434 g/mol. The first-order chi connectivity index (χ1) is 13.1. The van der Waals surface area contributed by atoms with Crippen molar-refractivity contribution in [1.82, 2.24) is 29.5 Å². The van der Waals surface area contributed by atoms with Gasteiger partial charge in [-0.3, -0.25) is 14.2 Å². The van der Waals surface area contributed by atoms with E-state index >= 15 is 0 Å². The molecule has 2 aliphatic heterocycles. The van der Waals surface area contributed by atoms with Crippen LogP contribution >= 0.6 is 15.9 Å². The lowest BCUT2D eigenvalue weighted by Gasteiger charge is -2.35. The highest BCUT2D eigenvalue weighted by molar-refractivity contribution is 9.10. The first-order valence-corrected chi connectivity index (χ1v) is 9.63. The molecule has 0 saturated carbocycles. The SMILES string of the molecule is O=C(c1cnc(-n2cnnc2)c(Br)c1)N1CCN(C(=O)C2CCCO2)CC1. The molecule has 2 aliphatic rings. The van der Waals surface area contributed by atoms with E-state index in [-0.39, 0.29) is 17.9 Å². The van der Waals surface area contributed by atoms with Gasteiger partial charge in [-0.2, -0.15) is 0 Å². The third kappa shape index (κ3) is 3.72. The van der Waals surface area contributed by atoms with Crippen molar-refractivity contribution in [2.24, 2.45) is 0 Å². The Morgan fingerprint density at radius 1 is 1.11 bits per heavy atom. The number of rotatable bonds is 3. The van der Waals surface area contributed by atoms with Crippen molar-refractivity contribution < 1.29 is 14.3 Å². The second kappa shape index (κ2) is 7.73. The van der Waals surface area contributed by atoms with Crippen LogP contribution in [0.5, 0.6) is 0 Å². The lowest BCUT2D eigenvalue weighted by molar-refractivity contribution is -0.142. The largest absolute Gasteiger partial charge is 0.368 e. The van der Waals surface area contributed by atoms with Crippen molar-refractivity contribution in [2.45, 2.75) is 18.9 Å². The molecule has 0 radical (unpaired) electrons. The molecule has 2 aromatic heterocycles. The maximum atomic E-state index is 12.8. The smallest absolute Gasteiger partial charge is 0.255 e. The number of amides is 2. The molecule has 9 nitrogen and oxygen atoms in total. The molecule has 142 valence electrons. The van der Waals surface area contributed by atoms with Crippen LogP contribution in [-0.2, 0) is 9.53 Å². The van der Waals surface area contributed by atoms with Gasteiger partial charge in [-0.05, 0) is 34.8 Å². The Balaban J connectivity index is 1.39. The summed E-state index contributed by atoms with van der Waals surface area (Å²) >= 11 is 3.45. The van der Waals surface area contributed by atoms with Gasteiger partial charge < -0.3 is 14.5 Å². The molecule has 0 spiro atoms. The zero-order valence-corrected chi connectivity index (χ0v) is 16.2. The number of halogens is 1. The Morgan fingerprint density at radius 3 is 2.44 bits per heavy atom. The Kier molecular flexibility index (Phi) is 5.17. The molecule has 0 aliphatic carbocycles. The maximum Gasteiger partial charge on any atom is 0.255 e. The molecule has 2 saturated heterocycles. The van der Waals surface area contributed by atoms with Gasteiger partial charge in [0.05, 0.1) is 10.0 Å². The predicted molar refractivity (Wildman–Crippen MR) is 98.3 cm³/mol. The molecule has 10 heteroatoms. The lowest BCUT2D eigenvalue weighted by atomic mass is 10.2. The van der Waals surface area contributed by atoms with Gasteiger partial charge in [0.25, 0.3) is 11.8 Å². The van der Waals surface area contributed by atoms with Crippen LogP contribution in [0.15, 0.2) is 29.4 Å². The molecule has 2 amide bonds. The summed E-state index contributed by atoms with van der Waals surface area (Å²) in [6.07, 6.45) is 6.04. The summed E-state index contributed by atoms with van der Waals surface area (Å²) in [6.45, 7) is 2.71. The number of carbonyl (C=O) groups is 2. The highest BCUT2D eigenvalue weighted by Gasteiger charge is 2.31. The average molecular weight is 435 g/mol. The molecule has 27 heavy (non-hydrogen) atoms. The summed E-state index contributed by atoms with van der Waals surface area (Å²) in [5.74, 6) is 0.563. The molecular weight excluding hydrogens is 416 g/mol. The van der Waals surface area contributed by atoms with Gasteiger partial charge in [-0.1, -0.05) is 0 Å². The van der Waals surface area contributed by atoms with E-state index in [1.54, 1.807) is 39.3 Å². The van der Waals surface area contributed by atoms with Crippen molar-refractivity contribution in [2.75, 3.05) is 32.8 Å². The van der Waals surface area contributed by atoms with Crippen LogP contribution < -0.4 is 0 Å². The number of hydrogen-bond donors (Lipinski definition) is 0. The van der Waals surface area contributed by atoms with Gasteiger partial charge in [-0.15, -0.1) is 10.2 Å². The van der Waals surface area contributed by atoms with E-state index in [9.17, 15) is 9.59 Å². The Morgan fingerprint density at radius 2 is 1.81 bits per heavy atom. The van der Waals surface area contributed by atoms with Crippen LogP contribution in [0.3, 0.4) is 0 Å². The number of carbonyl (C=O) groups excluding carboxylic acids is 2.